The topological polar surface area (TPSA) is 33.7 Å². The van der Waals surface area contributed by atoms with Crippen molar-refractivity contribution in [3.05, 3.63) is 24.3 Å². The second-order valence-electron chi connectivity index (χ2n) is 4.77. The van der Waals surface area contributed by atoms with E-state index in [0.29, 0.717) is 12.6 Å². The number of para-hydroxylation sites is 2. The van der Waals surface area contributed by atoms with Gasteiger partial charge in [-0.05, 0) is 31.6 Å². The van der Waals surface area contributed by atoms with Crippen molar-refractivity contribution in [2.75, 3.05) is 39.9 Å². The average Bonchev–Trinajstić information content (AvgIpc) is 2.98. The molecule has 0 aromatic heterocycles. The van der Waals surface area contributed by atoms with Crippen molar-refractivity contribution < 1.29 is 9.47 Å². The quantitative estimate of drug-likeness (QED) is 0.813. The van der Waals surface area contributed by atoms with Crippen LogP contribution in [0.25, 0.3) is 0 Å². The van der Waals surface area contributed by atoms with Crippen molar-refractivity contribution in [1.29, 1.82) is 0 Å². The number of benzene rings is 1. The molecule has 1 atom stereocenters. The summed E-state index contributed by atoms with van der Waals surface area (Å²) in [6, 6.07) is 8.45. The maximum absolute atomic E-state index is 5.83. The highest BCUT2D eigenvalue weighted by Crippen LogP contribution is 2.25. The summed E-state index contributed by atoms with van der Waals surface area (Å²) < 4.78 is 11.1. The van der Waals surface area contributed by atoms with E-state index in [1.165, 1.54) is 6.42 Å². The molecular weight excluding hydrogens is 240 g/mol. The molecule has 1 unspecified atom stereocenters. The summed E-state index contributed by atoms with van der Waals surface area (Å²) in [6.45, 7) is 7.17. The van der Waals surface area contributed by atoms with E-state index in [1.807, 2.05) is 24.3 Å². The molecule has 0 bridgehead atoms. The van der Waals surface area contributed by atoms with Crippen LogP contribution in [-0.4, -0.2) is 50.8 Å². The van der Waals surface area contributed by atoms with Gasteiger partial charge in [-0.15, -0.1) is 0 Å². The lowest BCUT2D eigenvalue weighted by molar-refractivity contribution is 0.172. The molecular formula is C15H24N2O2. The minimum Gasteiger partial charge on any atom is -0.493 e. The summed E-state index contributed by atoms with van der Waals surface area (Å²) in [5.41, 5.74) is 0. The molecule has 1 aromatic rings. The Balaban J connectivity index is 1.81. The number of nitrogens with one attached hydrogen (secondary N) is 1. The number of likely N-dealkylation sites (N-methyl/N-ethyl adjacent to an activating group) is 1. The molecule has 2 rings (SSSR count). The highest BCUT2D eigenvalue weighted by atomic mass is 16.5. The van der Waals surface area contributed by atoms with E-state index in [1.54, 1.807) is 7.11 Å². The molecule has 1 saturated heterocycles. The van der Waals surface area contributed by atoms with E-state index in [9.17, 15) is 0 Å². The zero-order valence-electron chi connectivity index (χ0n) is 11.9. The van der Waals surface area contributed by atoms with E-state index < -0.39 is 0 Å². The molecule has 4 heteroatoms. The first-order chi connectivity index (χ1) is 9.35. The molecule has 1 aromatic carbocycles. The summed E-state index contributed by atoms with van der Waals surface area (Å²) in [6.07, 6.45) is 1.24. The lowest BCUT2D eigenvalue weighted by Crippen LogP contribution is -2.39. The molecule has 0 radical (unpaired) electrons. The largest absolute Gasteiger partial charge is 0.493 e. The third kappa shape index (κ3) is 3.85. The van der Waals surface area contributed by atoms with Gasteiger partial charge in [0.1, 0.15) is 6.61 Å². The molecule has 1 aliphatic rings. The number of methoxy groups -OCH3 is 1. The maximum Gasteiger partial charge on any atom is 0.161 e. The fraction of sp³-hybridized carbons (Fsp3) is 0.600. The molecule has 1 fully saturated rings. The van der Waals surface area contributed by atoms with E-state index in [-0.39, 0.29) is 0 Å². The average molecular weight is 264 g/mol. The Hall–Kier alpha value is -1.26. The van der Waals surface area contributed by atoms with Crippen molar-refractivity contribution in [3.8, 4) is 11.5 Å². The minimum atomic E-state index is 0.659. The van der Waals surface area contributed by atoms with Crippen LogP contribution < -0.4 is 14.8 Å². The standard InChI is InChI=1S/C15H24N2O2/c1-3-17(13-8-9-16-12-13)10-11-19-15-7-5-4-6-14(15)18-2/h4-7,13,16H,3,8-12H2,1-2H3. The van der Waals surface area contributed by atoms with Crippen LogP contribution in [0.4, 0.5) is 0 Å². The molecule has 0 aliphatic carbocycles. The van der Waals surface area contributed by atoms with Crippen LogP contribution in [-0.2, 0) is 0 Å². The number of ether oxygens (including phenoxy) is 2. The highest BCUT2D eigenvalue weighted by Gasteiger charge is 2.20. The summed E-state index contributed by atoms with van der Waals surface area (Å²) in [4.78, 5) is 2.48. The fourth-order valence-electron chi connectivity index (χ4n) is 2.56. The molecule has 4 nitrogen and oxygen atoms in total. The van der Waals surface area contributed by atoms with Crippen LogP contribution in [0.3, 0.4) is 0 Å². The highest BCUT2D eigenvalue weighted by molar-refractivity contribution is 5.39. The summed E-state index contributed by atoms with van der Waals surface area (Å²) in [7, 11) is 1.67. The number of rotatable bonds is 7. The molecule has 0 saturated carbocycles. The second-order valence-corrected chi connectivity index (χ2v) is 4.77. The Morgan fingerprint density at radius 1 is 1.32 bits per heavy atom. The van der Waals surface area contributed by atoms with Gasteiger partial charge >= 0.3 is 0 Å². The first-order valence-electron chi connectivity index (χ1n) is 7.05. The van der Waals surface area contributed by atoms with Crippen molar-refractivity contribution in [2.24, 2.45) is 0 Å². The first kappa shape index (κ1) is 14.2. The smallest absolute Gasteiger partial charge is 0.161 e. The van der Waals surface area contributed by atoms with E-state index in [2.05, 4.69) is 17.1 Å². The van der Waals surface area contributed by atoms with Gasteiger partial charge in [0.2, 0.25) is 0 Å². The summed E-state index contributed by atoms with van der Waals surface area (Å²) in [5.74, 6) is 1.62. The van der Waals surface area contributed by atoms with Crippen molar-refractivity contribution in [1.82, 2.24) is 10.2 Å². The minimum absolute atomic E-state index is 0.659. The molecule has 1 N–H and O–H groups in total. The molecule has 19 heavy (non-hydrogen) atoms. The van der Waals surface area contributed by atoms with Crippen LogP contribution >= 0.6 is 0 Å². The van der Waals surface area contributed by atoms with Crippen molar-refractivity contribution in [3.63, 3.8) is 0 Å². The Bertz CT molecular complexity index is 378. The van der Waals surface area contributed by atoms with Gasteiger partial charge in [0.25, 0.3) is 0 Å². The van der Waals surface area contributed by atoms with Gasteiger partial charge in [-0.25, -0.2) is 0 Å². The van der Waals surface area contributed by atoms with Crippen LogP contribution in [0.15, 0.2) is 24.3 Å². The monoisotopic (exact) mass is 264 g/mol. The Labute approximate surface area is 115 Å². The molecule has 1 aliphatic heterocycles. The maximum atomic E-state index is 5.83. The summed E-state index contributed by atoms with van der Waals surface area (Å²) >= 11 is 0. The van der Waals surface area contributed by atoms with Crippen LogP contribution in [0, 0.1) is 0 Å². The van der Waals surface area contributed by atoms with Gasteiger partial charge < -0.3 is 14.8 Å². The molecule has 1 heterocycles. The Kier molecular flexibility index (Phi) is 5.48. The van der Waals surface area contributed by atoms with Crippen LogP contribution in [0.5, 0.6) is 11.5 Å². The third-order valence-electron chi connectivity index (χ3n) is 3.66. The lowest BCUT2D eigenvalue weighted by Gasteiger charge is -2.26. The Morgan fingerprint density at radius 2 is 2.11 bits per heavy atom. The zero-order valence-corrected chi connectivity index (χ0v) is 11.9. The normalized spacial score (nSPS) is 18.8. The third-order valence-corrected chi connectivity index (χ3v) is 3.66. The van der Waals surface area contributed by atoms with Crippen LogP contribution in [0.1, 0.15) is 13.3 Å². The van der Waals surface area contributed by atoms with Gasteiger partial charge in [0, 0.05) is 19.1 Å². The number of nitrogens with zero attached hydrogens (tertiary/aromatic N) is 1. The molecule has 0 amide bonds. The predicted octanol–water partition coefficient (Wildman–Crippen LogP) is 1.76. The molecule has 0 spiro atoms. The van der Waals surface area contributed by atoms with Crippen molar-refractivity contribution in [2.45, 2.75) is 19.4 Å². The van der Waals surface area contributed by atoms with Gasteiger partial charge in [-0.1, -0.05) is 19.1 Å². The predicted molar refractivity (Wildman–Crippen MR) is 77.0 cm³/mol. The summed E-state index contributed by atoms with van der Waals surface area (Å²) in [5, 5.41) is 3.41. The molecule has 106 valence electrons. The van der Waals surface area contributed by atoms with E-state index in [0.717, 1.165) is 37.7 Å². The fourth-order valence-corrected chi connectivity index (χ4v) is 2.56. The first-order valence-corrected chi connectivity index (χ1v) is 7.05. The Morgan fingerprint density at radius 3 is 2.74 bits per heavy atom. The van der Waals surface area contributed by atoms with E-state index in [4.69, 9.17) is 9.47 Å². The SMILES string of the molecule is CCN(CCOc1ccccc1OC)C1CCNC1. The zero-order chi connectivity index (χ0) is 13.5. The van der Waals surface area contributed by atoms with Crippen molar-refractivity contribution >= 4 is 0 Å². The van der Waals surface area contributed by atoms with E-state index >= 15 is 0 Å². The number of hydrogen-bond donors (Lipinski definition) is 1. The van der Waals surface area contributed by atoms with Gasteiger partial charge in [0.15, 0.2) is 11.5 Å². The lowest BCUT2D eigenvalue weighted by atomic mass is 10.2. The van der Waals surface area contributed by atoms with Crippen LogP contribution in [0.2, 0.25) is 0 Å². The van der Waals surface area contributed by atoms with Gasteiger partial charge in [0.05, 0.1) is 7.11 Å². The second kappa shape index (κ2) is 7.36. The number of hydrogen-bond acceptors (Lipinski definition) is 4. The van der Waals surface area contributed by atoms with Gasteiger partial charge in [-0.3, -0.25) is 4.90 Å². The van der Waals surface area contributed by atoms with Gasteiger partial charge in [-0.2, -0.15) is 0 Å².